The van der Waals surface area contributed by atoms with Gasteiger partial charge in [0.05, 0.1) is 12.8 Å². The molecule has 1 aliphatic heterocycles. The van der Waals surface area contributed by atoms with Crippen molar-refractivity contribution in [2.24, 2.45) is 13.0 Å². The zero-order chi connectivity index (χ0) is 21.9. The maximum atomic E-state index is 12.6. The molecule has 1 aliphatic rings. The molecule has 1 unspecified atom stereocenters. The van der Waals surface area contributed by atoms with Crippen LogP contribution in [0, 0.1) is 5.92 Å². The molecule has 2 heterocycles. The summed E-state index contributed by atoms with van der Waals surface area (Å²) in [6, 6.07) is 7.82. The van der Waals surface area contributed by atoms with E-state index in [0.29, 0.717) is 11.5 Å². The third kappa shape index (κ3) is 6.40. The minimum atomic E-state index is -0.250. The van der Waals surface area contributed by atoms with E-state index < -0.39 is 0 Å². The van der Waals surface area contributed by atoms with Gasteiger partial charge in [0.25, 0.3) is 12.4 Å². The van der Waals surface area contributed by atoms with Gasteiger partial charge < -0.3 is 20.1 Å². The molecule has 8 nitrogen and oxygen atoms in total. The standard InChI is InChI=1S/C21H30N4O2.CH2O2/c1-4-20-19(14-23-24(20)2)17-6-5-7-18(12-17)21(26)22-13-16-8-9-25(15-16)10-11-27-3;2-1-3/h5-7,12,14,16H,4,8-11,13,15H2,1-3H3,(H,22,26);1H,(H,2,3). The van der Waals surface area contributed by atoms with E-state index in [0.717, 1.165) is 56.8 Å². The molecular weight excluding hydrogens is 384 g/mol. The van der Waals surface area contributed by atoms with Gasteiger partial charge in [0, 0.05) is 50.6 Å². The van der Waals surface area contributed by atoms with Gasteiger partial charge in [-0.05, 0) is 43.0 Å². The monoisotopic (exact) mass is 416 g/mol. The third-order valence-electron chi connectivity index (χ3n) is 5.37. The lowest BCUT2D eigenvalue weighted by atomic mass is 10.0. The van der Waals surface area contributed by atoms with E-state index in [9.17, 15) is 4.79 Å². The van der Waals surface area contributed by atoms with Crippen LogP contribution in [0.25, 0.3) is 11.1 Å². The van der Waals surface area contributed by atoms with Crippen molar-refractivity contribution in [2.45, 2.75) is 19.8 Å². The highest BCUT2D eigenvalue weighted by Gasteiger charge is 2.22. The Morgan fingerprint density at radius 3 is 2.90 bits per heavy atom. The summed E-state index contributed by atoms with van der Waals surface area (Å²) in [6.45, 7) is 6.43. The van der Waals surface area contributed by atoms with Crippen molar-refractivity contribution < 1.29 is 19.4 Å². The van der Waals surface area contributed by atoms with Crippen molar-refractivity contribution >= 4 is 12.4 Å². The normalized spacial score (nSPS) is 16.0. The minimum absolute atomic E-state index is 0.00543. The van der Waals surface area contributed by atoms with E-state index in [4.69, 9.17) is 14.6 Å². The number of hydrogen-bond acceptors (Lipinski definition) is 5. The quantitative estimate of drug-likeness (QED) is 0.640. The Hall–Kier alpha value is -2.71. The Morgan fingerprint density at radius 1 is 1.43 bits per heavy atom. The average Bonchev–Trinajstić information content (AvgIpc) is 3.37. The summed E-state index contributed by atoms with van der Waals surface area (Å²) < 4.78 is 7.04. The van der Waals surface area contributed by atoms with Crippen molar-refractivity contribution in [1.29, 1.82) is 0 Å². The number of carboxylic acid groups (broad SMARTS) is 1. The van der Waals surface area contributed by atoms with Gasteiger partial charge in [-0.15, -0.1) is 0 Å². The molecule has 1 fully saturated rings. The fourth-order valence-corrected chi connectivity index (χ4v) is 3.79. The van der Waals surface area contributed by atoms with Crippen LogP contribution in [-0.4, -0.2) is 72.1 Å². The highest BCUT2D eigenvalue weighted by atomic mass is 16.5. The zero-order valence-electron chi connectivity index (χ0n) is 18.0. The highest BCUT2D eigenvalue weighted by Crippen LogP contribution is 2.24. The predicted molar refractivity (Wildman–Crippen MR) is 115 cm³/mol. The molecule has 1 aromatic carbocycles. The molecule has 30 heavy (non-hydrogen) atoms. The predicted octanol–water partition coefficient (Wildman–Crippen LogP) is 2.05. The van der Waals surface area contributed by atoms with Crippen LogP contribution < -0.4 is 5.32 Å². The lowest BCUT2D eigenvalue weighted by Gasteiger charge is -2.15. The maximum Gasteiger partial charge on any atom is 0.290 e. The summed E-state index contributed by atoms with van der Waals surface area (Å²) in [5.41, 5.74) is 4.01. The lowest BCUT2D eigenvalue weighted by molar-refractivity contribution is -0.122. The van der Waals surface area contributed by atoms with E-state index in [1.54, 1.807) is 7.11 Å². The highest BCUT2D eigenvalue weighted by molar-refractivity contribution is 5.95. The van der Waals surface area contributed by atoms with Crippen LogP contribution in [0.4, 0.5) is 0 Å². The number of benzene rings is 1. The van der Waals surface area contributed by atoms with Gasteiger partial charge in [-0.25, -0.2) is 0 Å². The molecule has 2 N–H and O–H groups in total. The number of hydrogen-bond donors (Lipinski definition) is 2. The van der Waals surface area contributed by atoms with Crippen molar-refractivity contribution in [3.63, 3.8) is 0 Å². The number of likely N-dealkylation sites (tertiary alicyclic amines) is 1. The molecule has 0 spiro atoms. The van der Waals surface area contributed by atoms with Crippen LogP contribution in [0.15, 0.2) is 30.5 Å². The Bertz CT molecular complexity index is 821. The van der Waals surface area contributed by atoms with E-state index in [1.165, 1.54) is 5.69 Å². The Morgan fingerprint density at radius 2 is 2.20 bits per heavy atom. The topological polar surface area (TPSA) is 96.7 Å². The molecule has 8 heteroatoms. The number of amides is 1. The van der Waals surface area contributed by atoms with Crippen molar-refractivity contribution in [1.82, 2.24) is 20.0 Å². The van der Waals surface area contributed by atoms with Gasteiger partial charge in [-0.3, -0.25) is 14.3 Å². The van der Waals surface area contributed by atoms with Gasteiger partial charge in [-0.1, -0.05) is 19.1 Å². The van der Waals surface area contributed by atoms with Crippen LogP contribution in [0.1, 0.15) is 29.4 Å². The summed E-state index contributed by atoms with van der Waals surface area (Å²) in [4.78, 5) is 23.4. The Kier molecular flexibility index (Phi) is 9.50. The first-order valence-corrected chi connectivity index (χ1v) is 10.2. The molecule has 2 aromatic rings. The van der Waals surface area contributed by atoms with E-state index in [1.807, 2.05) is 42.2 Å². The summed E-state index contributed by atoms with van der Waals surface area (Å²) in [5, 5.41) is 14.4. The Labute approximate surface area is 177 Å². The zero-order valence-corrected chi connectivity index (χ0v) is 18.0. The van der Waals surface area contributed by atoms with Gasteiger partial charge in [0.15, 0.2) is 0 Å². The maximum absolute atomic E-state index is 12.6. The SMILES string of the molecule is CCc1c(-c2cccc(C(=O)NCC3CCN(CCOC)C3)c2)cnn1C.O=CO. The van der Waals surface area contributed by atoms with Gasteiger partial charge in [-0.2, -0.15) is 5.10 Å². The molecule has 0 aliphatic carbocycles. The number of aromatic nitrogens is 2. The number of nitrogens with zero attached hydrogens (tertiary/aromatic N) is 3. The second kappa shape index (κ2) is 12.1. The molecule has 1 amide bonds. The summed E-state index contributed by atoms with van der Waals surface area (Å²) >= 11 is 0. The molecule has 3 rings (SSSR count). The van der Waals surface area contributed by atoms with E-state index in [2.05, 4.69) is 22.2 Å². The summed E-state index contributed by atoms with van der Waals surface area (Å²) in [5.74, 6) is 0.508. The fraction of sp³-hybridized carbons (Fsp3) is 0.500. The first kappa shape index (κ1) is 23.6. The largest absolute Gasteiger partial charge is 0.483 e. The van der Waals surface area contributed by atoms with E-state index in [-0.39, 0.29) is 12.4 Å². The molecule has 0 radical (unpaired) electrons. The van der Waals surface area contributed by atoms with Gasteiger partial charge in [0.1, 0.15) is 0 Å². The second-order valence-electron chi connectivity index (χ2n) is 7.33. The number of ether oxygens (including phenoxy) is 1. The first-order chi connectivity index (χ1) is 14.5. The molecule has 1 saturated heterocycles. The molecule has 1 aromatic heterocycles. The number of carbonyl (C=O) groups excluding carboxylic acids is 1. The van der Waals surface area contributed by atoms with Crippen LogP contribution in [-0.2, 0) is 23.0 Å². The number of methoxy groups -OCH3 is 1. The van der Waals surface area contributed by atoms with Gasteiger partial charge in [0.2, 0.25) is 0 Å². The molecular formula is C22H32N4O4. The van der Waals surface area contributed by atoms with Crippen molar-refractivity contribution in [3.8, 4) is 11.1 Å². The number of nitrogens with one attached hydrogen (secondary N) is 1. The number of aryl methyl sites for hydroxylation is 1. The molecule has 0 saturated carbocycles. The fourth-order valence-electron chi connectivity index (χ4n) is 3.79. The smallest absolute Gasteiger partial charge is 0.290 e. The first-order valence-electron chi connectivity index (χ1n) is 10.2. The summed E-state index contributed by atoms with van der Waals surface area (Å²) in [7, 11) is 3.69. The number of carbonyl (C=O) groups is 2. The third-order valence-corrected chi connectivity index (χ3v) is 5.37. The Balaban J connectivity index is 0.00000101. The molecule has 1 atom stereocenters. The summed E-state index contributed by atoms with van der Waals surface area (Å²) in [6.07, 6.45) is 3.91. The minimum Gasteiger partial charge on any atom is -0.483 e. The molecule has 0 bridgehead atoms. The van der Waals surface area contributed by atoms with Crippen LogP contribution in [0.5, 0.6) is 0 Å². The van der Waals surface area contributed by atoms with Crippen LogP contribution in [0.2, 0.25) is 0 Å². The van der Waals surface area contributed by atoms with Crippen molar-refractivity contribution in [2.75, 3.05) is 39.9 Å². The van der Waals surface area contributed by atoms with Gasteiger partial charge >= 0.3 is 0 Å². The second-order valence-corrected chi connectivity index (χ2v) is 7.33. The van der Waals surface area contributed by atoms with E-state index >= 15 is 0 Å². The van der Waals surface area contributed by atoms with Crippen LogP contribution in [0.3, 0.4) is 0 Å². The lowest BCUT2D eigenvalue weighted by Crippen LogP contribution is -2.31. The van der Waals surface area contributed by atoms with Crippen LogP contribution >= 0.6 is 0 Å². The number of rotatable bonds is 8. The molecule has 164 valence electrons. The average molecular weight is 417 g/mol. The van der Waals surface area contributed by atoms with Crippen molar-refractivity contribution in [3.05, 3.63) is 41.7 Å².